The summed E-state index contributed by atoms with van der Waals surface area (Å²) < 4.78 is 0. The molecule has 0 aromatic heterocycles. The van der Waals surface area contributed by atoms with Gasteiger partial charge in [-0.25, -0.2) is 0 Å². The molecule has 0 aliphatic rings. The number of aryl methyl sites for hydroxylation is 1. The van der Waals surface area contributed by atoms with E-state index >= 15 is 0 Å². The molecule has 0 atom stereocenters. The van der Waals surface area contributed by atoms with Crippen molar-refractivity contribution in [2.75, 3.05) is 20.1 Å². The van der Waals surface area contributed by atoms with Crippen molar-refractivity contribution in [1.29, 1.82) is 0 Å². The molecule has 0 heterocycles. The van der Waals surface area contributed by atoms with E-state index < -0.39 is 0 Å². The van der Waals surface area contributed by atoms with Crippen LogP contribution in [0.5, 0.6) is 5.75 Å². The Morgan fingerprint density at radius 1 is 1.26 bits per heavy atom. The van der Waals surface area contributed by atoms with Crippen molar-refractivity contribution >= 4 is 0 Å². The van der Waals surface area contributed by atoms with Gasteiger partial charge in [0, 0.05) is 18.2 Å². The van der Waals surface area contributed by atoms with Crippen molar-refractivity contribution in [3.8, 4) is 5.75 Å². The molecule has 1 rings (SSSR count). The summed E-state index contributed by atoms with van der Waals surface area (Å²) in [5.74, 6) is 0.387. The number of hydrogen-bond donors (Lipinski definition) is 2. The van der Waals surface area contributed by atoms with Crippen molar-refractivity contribution in [2.45, 2.75) is 46.2 Å². The van der Waals surface area contributed by atoms with E-state index in [1.54, 1.807) is 6.07 Å². The molecule has 1 aromatic rings. The number of aromatic hydroxyl groups is 1. The highest BCUT2D eigenvalue weighted by Crippen LogP contribution is 2.17. The van der Waals surface area contributed by atoms with Gasteiger partial charge in [0.15, 0.2) is 0 Å². The van der Waals surface area contributed by atoms with Gasteiger partial charge in [0.25, 0.3) is 0 Å². The summed E-state index contributed by atoms with van der Waals surface area (Å²) in [6, 6.07) is 6.36. The van der Waals surface area contributed by atoms with Gasteiger partial charge in [-0.15, -0.1) is 0 Å². The topological polar surface area (TPSA) is 35.5 Å². The minimum atomic E-state index is 0.387. The van der Waals surface area contributed by atoms with Crippen LogP contribution in [-0.4, -0.2) is 36.2 Å². The zero-order valence-corrected chi connectivity index (χ0v) is 12.7. The largest absolute Gasteiger partial charge is 0.508 e. The Bertz CT molecular complexity index is 377. The second-order valence-corrected chi connectivity index (χ2v) is 5.59. The summed E-state index contributed by atoms with van der Waals surface area (Å²) in [4.78, 5) is 2.37. The molecule has 3 nitrogen and oxygen atoms in total. The highest BCUT2D eigenvalue weighted by atomic mass is 16.3. The van der Waals surface area contributed by atoms with E-state index in [2.05, 4.69) is 31.1 Å². The summed E-state index contributed by atoms with van der Waals surface area (Å²) in [6.45, 7) is 9.38. The SMILES string of the molecule is Cc1ccc(O)c(CNCCCCN(C)C(C)C)c1. The normalized spacial score (nSPS) is 11.5. The lowest BCUT2D eigenvalue weighted by Gasteiger charge is -2.20. The van der Waals surface area contributed by atoms with E-state index in [0.717, 1.165) is 25.2 Å². The molecular formula is C16H28N2O. The van der Waals surface area contributed by atoms with Gasteiger partial charge in [-0.05, 0) is 59.8 Å². The number of benzene rings is 1. The first-order chi connectivity index (χ1) is 9.00. The first-order valence-corrected chi connectivity index (χ1v) is 7.20. The number of phenols is 1. The van der Waals surface area contributed by atoms with Crippen LogP contribution in [0.25, 0.3) is 0 Å². The summed E-state index contributed by atoms with van der Waals surface area (Å²) in [5.41, 5.74) is 2.17. The molecule has 0 saturated carbocycles. The molecule has 108 valence electrons. The predicted molar refractivity (Wildman–Crippen MR) is 81.6 cm³/mol. The molecule has 1 aromatic carbocycles. The molecule has 0 unspecified atom stereocenters. The lowest BCUT2D eigenvalue weighted by Crippen LogP contribution is -2.27. The summed E-state index contributed by atoms with van der Waals surface area (Å²) in [5, 5.41) is 13.1. The molecular weight excluding hydrogens is 236 g/mol. The molecule has 2 N–H and O–H groups in total. The van der Waals surface area contributed by atoms with E-state index in [4.69, 9.17) is 0 Å². The molecule has 19 heavy (non-hydrogen) atoms. The highest BCUT2D eigenvalue weighted by molar-refractivity contribution is 5.35. The summed E-state index contributed by atoms with van der Waals surface area (Å²) in [6.07, 6.45) is 2.38. The van der Waals surface area contributed by atoms with E-state index in [1.807, 2.05) is 19.1 Å². The highest BCUT2D eigenvalue weighted by Gasteiger charge is 2.03. The monoisotopic (exact) mass is 264 g/mol. The molecule has 0 amide bonds. The van der Waals surface area contributed by atoms with Crippen LogP contribution < -0.4 is 5.32 Å². The number of hydrogen-bond acceptors (Lipinski definition) is 3. The van der Waals surface area contributed by atoms with Crippen LogP contribution >= 0.6 is 0 Å². The van der Waals surface area contributed by atoms with Crippen LogP contribution in [0.15, 0.2) is 18.2 Å². The minimum Gasteiger partial charge on any atom is -0.508 e. The third-order valence-corrected chi connectivity index (χ3v) is 3.55. The van der Waals surface area contributed by atoms with Crippen molar-refractivity contribution in [3.63, 3.8) is 0 Å². The smallest absolute Gasteiger partial charge is 0.120 e. The Kier molecular flexibility index (Phi) is 6.89. The Hall–Kier alpha value is -1.06. The maximum absolute atomic E-state index is 9.72. The second kappa shape index (κ2) is 8.18. The van der Waals surface area contributed by atoms with Gasteiger partial charge in [0.1, 0.15) is 5.75 Å². The van der Waals surface area contributed by atoms with Gasteiger partial charge in [-0.2, -0.15) is 0 Å². The van der Waals surface area contributed by atoms with Gasteiger partial charge in [-0.3, -0.25) is 0 Å². The number of rotatable bonds is 8. The second-order valence-electron chi connectivity index (χ2n) is 5.59. The minimum absolute atomic E-state index is 0.387. The average Bonchev–Trinajstić information content (AvgIpc) is 2.37. The Balaban J connectivity index is 2.16. The molecule has 0 aliphatic heterocycles. The van der Waals surface area contributed by atoms with Gasteiger partial charge in [-0.1, -0.05) is 17.7 Å². The van der Waals surface area contributed by atoms with E-state index in [-0.39, 0.29) is 0 Å². The maximum atomic E-state index is 9.72. The summed E-state index contributed by atoms with van der Waals surface area (Å²) >= 11 is 0. The van der Waals surface area contributed by atoms with Crippen molar-refractivity contribution < 1.29 is 5.11 Å². The van der Waals surface area contributed by atoms with E-state index in [1.165, 1.54) is 18.4 Å². The number of nitrogens with one attached hydrogen (secondary N) is 1. The van der Waals surface area contributed by atoms with Crippen LogP contribution in [0, 0.1) is 6.92 Å². The zero-order valence-electron chi connectivity index (χ0n) is 12.7. The number of unbranched alkanes of at least 4 members (excludes halogenated alkanes) is 1. The van der Waals surface area contributed by atoms with Gasteiger partial charge >= 0.3 is 0 Å². The van der Waals surface area contributed by atoms with Crippen LogP contribution in [0.3, 0.4) is 0 Å². The molecule has 0 fully saturated rings. The van der Waals surface area contributed by atoms with Crippen molar-refractivity contribution in [2.24, 2.45) is 0 Å². The predicted octanol–water partition coefficient (Wildman–Crippen LogP) is 2.91. The molecule has 0 aliphatic carbocycles. The zero-order chi connectivity index (χ0) is 14.3. The fourth-order valence-electron chi connectivity index (χ4n) is 1.95. The van der Waals surface area contributed by atoms with Crippen LogP contribution in [0.1, 0.15) is 37.8 Å². The quantitative estimate of drug-likeness (QED) is 0.709. The first kappa shape index (κ1) is 16.0. The Morgan fingerprint density at radius 3 is 2.68 bits per heavy atom. The number of phenolic OH excluding ortho intramolecular Hbond substituents is 1. The standard InChI is InChI=1S/C16H28N2O/c1-13(2)18(4)10-6-5-9-17-12-15-11-14(3)7-8-16(15)19/h7-8,11,13,17,19H,5-6,9-10,12H2,1-4H3. The van der Waals surface area contributed by atoms with Crippen LogP contribution in [0.4, 0.5) is 0 Å². The molecule has 0 spiro atoms. The maximum Gasteiger partial charge on any atom is 0.120 e. The average molecular weight is 264 g/mol. The van der Waals surface area contributed by atoms with E-state index in [0.29, 0.717) is 11.8 Å². The Labute approximate surface area is 117 Å². The van der Waals surface area contributed by atoms with Gasteiger partial charge in [0.2, 0.25) is 0 Å². The molecule has 3 heteroatoms. The van der Waals surface area contributed by atoms with Gasteiger partial charge in [0.05, 0.1) is 0 Å². The lowest BCUT2D eigenvalue weighted by molar-refractivity contribution is 0.268. The third kappa shape index (κ3) is 6.08. The molecule has 0 radical (unpaired) electrons. The van der Waals surface area contributed by atoms with Gasteiger partial charge < -0.3 is 15.3 Å². The Morgan fingerprint density at radius 2 is 2.00 bits per heavy atom. The fraction of sp³-hybridized carbons (Fsp3) is 0.625. The fourth-order valence-corrected chi connectivity index (χ4v) is 1.95. The van der Waals surface area contributed by atoms with E-state index in [9.17, 15) is 5.11 Å². The molecule has 0 saturated heterocycles. The van der Waals surface area contributed by atoms with Crippen LogP contribution in [-0.2, 0) is 6.54 Å². The van der Waals surface area contributed by atoms with Crippen molar-refractivity contribution in [1.82, 2.24) is 10.2 Å². The third-order valence-electron chi connectivity index (χ3n) is 3.55. The lowest BCUT2D eigenvalue weighted by atomic mass is 10.1. The summed E-state index contributed by atoms with van der Waals surface area (Å²) in [7, 11) is 2.17. The first-order valence-electron chi connectivity index (χ1n) is 7.20. The van der Waals surface area contributed by atoms with Crippen LogP contribution in [0.2, 0.25) is 0 Å². The molecule has 0 bridgehead atoms. The van der Waals surface area contributed by atoms with Crippen molar-refractivity contribution in [3.05, 3.63) is 29.3 Å². The number of nitrogens with zero attached hydrogens (tertiary/aromatic N) is 1.